The second-order valence-corrected chi connectivity index (χ2v) is 5.74. The summed E-state index contributed by atoms with van der Waals surface area (Å²) in [6.45, 7) is 6.13. The zero-order valence-electron chi connectivity index (χ0n) is 7.72. The summed E-state index contributed by atoms with van der Waals surface area (Å²) in [5, 5.41) is 2.85. The summed E-state index contributed by atoms with van der Waals surface area (Å²) in [5.41, 5.74) is 0.00569. The van der Waals surface area contributed by atoms with E-state index in [1.54, 1.807) is 0 Å². The van der Waals surface area contributed by atoms with Gasteiger partial charge in [-0.05, 0) is 5.41 Å². The number of carbonyl (C=O) groups excluding carboxylic acids is 1. The van der Waals surface area contributed by atoms with Gasteiger partial charge in [0, 0.05) is 22.6 Å². The van der Waals surface area contributed by atoms with Crippen LogP contribution in [0.4, 0.5) is 0 Å². The quantitative estimate of drug-likeness (QED) is 0.595. The minimum absolute atomic E-state index is 0.00569. The van der Waals surface area contributed by atoms with Gasteiger partial charge in [0.05, 0.1) is 0 Å². The Morgan fingerprint density at radius 1 is 1.50 bits per heavy atom. The van der Waals surface area contributed by atoms with E-state index in [0.717, 1.165) is 0 Å². The summed E-state index contributed by atoms with van der Waals surface area (Å²) < 4.78 is 11.2. The highest BCUT2D eigenvalue weighted by molar-refractivity contribution is 7.85. The minimum atomic E-state index is -0.959. The molecule has 0 bridgehead atoms. The normalized spacial score (nSPS) is 31.4. The molecule has 0 aliphatic carbocycles. The van der Waals surface area contributed by atoms with Crippen molar-refractivity contribution in [3.05, 3.63) is 0 Å². The van der Waals surface area contributed by atoms with E-state index in [4.69, 9.17) is 0 Å². The monoisotopic (exact) mass is 189 g/mol. The maximum atomic E-state index is 11.2. The average molecular weight is 189 g/mol. The van der Waals surface area contributed by atoms with Crippen molar-refractivity contribution in [3.8, 4) is 0 Å². The van der Waals surface area contributed by atoms with Crippen LogP contribution in [0.3, 0.4) is 0 Å². The lowest BCUT2D eigenvalue weighted by Crippen LogP contribution is -2.52. The molecule has 3 nitrogen and oxygen atoms in total. The Kier molecular flexibility index (Phi) is 2.56. The Labute approximate surface area is 75.4 Å². The SMILES string of the molecule is CC(C)(C)C1CS(=O)CC(=O)N1. The van der Waals surface area contributed by atoms with Crippen molar-refractivity contribution in [1.29, 1.82) is 0 Å². The van der Waals surface area contributed by atoms with Crippen molar-refractivity contribution in [3.63, 3.8) is 0 Å². The molecule has 12 heavy (non-hydrogen) atoms. The molecule has 2 atom stereocenters. The molecule has 0 aromatic rings. The first-order chi connectivity index (χ1) is 5.39. The second kappa shape index (κ2) is 3.17. The Balaban J connectivity index is 2.68. The largest absolute Gasteiger partial charge is 0.351 e. The van der Waals surface area contributed by atoms with Crippen LogP contribution in [0.25, 0.3) is 0 Å². The summed E-state index contributed by atoms with van der Waals surface area (Å²) in [6.07, 6.45) is 0. The first-order valence-electron chi connectivity index (χ1n) is 4.04. The lowest BCUT2D eigenvalue weighted by molar-refractivity contribution is -0.120. The van der Waals surface area contributed by atoms with Crippen LogP contribution >= 0.6 is 0 Å². The molecule has 1 aliphatic heterocycles. The summed E-state index contributed by atoms with van der Waals surface area (Å²) in [7, 11) is -0.959. The van der Waals surface area contributed by atoms with Crippen LogP contribution in [0.1, 0.15) is 20.8 Å². The fraction of sp³-hybridized carbons (Fsp3) is 0.875. The number of hydrogen-bond acceptors (Lipinski definition) is 2. The van der Waals surface area contributed by atoms with Gasteiger partial charge in [-0.1, -0.05) is 20.8 Å². The van der Waals surface area contributed by atoms with Crippen LogP contribution in [0, 0.1) is 5.41 Å². The predicted molar refractivity (Wildman–Crippen MR) is 49.3 cm³/mol. The first kappa shape index (κ1) is 9.71. The molecule has 0 aromatic heterocycles. The van der Waals surface area contributed by atoms with Crippen LogP contribution in [0.2, 0.25) is 0 Å². The van der Waals surface area contributed by atoms with Crippen molar-refractivity contribution < 1.29 is 9.00 Å². The van der Waals surface area contributed by atoms with Crippen molar-refractivity contribution in [2.45, 2.75) is 26.8 Å². The minimum Gasteiger partial charge on any atom is -0.351 e. The molecule has 1 rings (SSSR count). The van der Waals surface area contributed by atoms with Crippen molar-refractivity contribution in [1.82, 2.24) is 5.32 Å². The van der Waals surface area contributed by atoms with Crippen LogP contribution < -0.4 is 5.32 Å². The zero-order chi connectivity index (χ0) is 9.35. The van der Waals surface area contributed by atoms with Crippen LogP contribution in [0.15, 0.2) is 0 Å². The highest BCUT2D eigenvalue weighted by Crippen LogP contribution is 2.21. The molecule has 4 heteroatoms. The van der Waals surface area contributed by atoms with Crippen LogP contribution in [-0.4, -0.2) is 27.7 Å². The molecule has 1 amide bonds. The van der Waals surface area contributed by atoms with Crippen molar-refractivity contribution in [2.75, 3.05) is 11.5 Å². The summed E-state index contributed by atoms with van der Waals surface area (Å²) in [4.78, 5) is 11.0. The number of rotatable bonds is 0. The van der Waals surface area contributed by atoms with E-state index < -0.39 is 10.8 Å². The Bertz CT molecular complexity index is 204. The zero-order valence-corrected chi connectivity index (χ0v) is 8.53. The predicted octanol–water partition coefficient (Wildman–Crippen LogP) is 0.280. The van der Waals surface area contributed by atoms with Crippen LogP contribution in [-0.2, 0) is 15.6 Å². The topological polar surface area (TPSA) is 46.2 Å². The molecular weight excluding hydrogens is 174 g/mol. The third-order valence-corrected chi connectivity index (χ3v) is 3.31. The molecule has 1 heterocycles. The summed E-state index contributed by atoms with van der Waals surface area (Å²) in [6, 6.07) is 0.0552. The van der Waals surface area contributed by atoms with E-state index in [-0.39, 0.29) is 23.1 Å². The molecule has 0 radical (unpaired) electrons. The van der Waals surface area contributed by atoms with E-state index in [0.29, 0.717) is 5.75 Å². The van der Waals surface area contributed by atoms with Gasteiger partial charge in [0.1, 0.15) is 5.75 Å². The lowest BCUT2D eigenvalue weighted by Gasteiger charge is -2.33. The van der Waals surface area contributed by atoms with Gasteiger partial charge < -0.3 is 5.32 Å². The summed E-state index contributed by atoms with van der Waals surface area (Å²) >= 11 is 0. The van der Waals surface area contributed by atoms with Gasteiger partial charge in [-0.15, -0.1) is 0 Å². The van der Waals surface area contributed by atoms with E-state index in [9.17, 15) is 9.00 Å². The number of amides is 1. The fourth-order valence-electron chi connectivity index (χ4n) is 1.14. The molecule has 0 aromatic carbocycles. The Morgan fingerprint density at radius 2 is 2.08 bits per heavy atom. The molecule has 2 unspecified atom stereocenters. The molecular formula is C8H15NO2S. The van der Waals surface area contributed by atoms with E-state index in [2.05, 4.69) is 5.32 Å². The van der Waals surface area contributed by atoms with E-state index in [1.165, 1.54) is 0 Å². The molecule has 0 spiro atoms. The van der Waals surface area contributed by atoms with Gasteiger partial charge in [0.2, 0.25) is 5.91 Å². The third kappa shape index (κ3) is 2.30. The average Bonchev–Trinajstić information content (AvgIpc) is 1.82. The lowest BCUT2D eigenvalue weighted by atomic mass is 9.88. The first-order valence-corrected chi connectivity index (χ1v) is 5.53. The van der Waals surface area contributed by atoms with Gasteiger partial charge >= 0.3 is 0 Å². The van der Waals surface area contributed by atoms with Crippen molar-refractivity contribution in [2.24, 2.45) is 5.41 Å². The van der Waals surface area contributed by atoms with Gasteiger partial charge in [-0.2, -0.15) is 0 Å². The van der Waals surface area contributed by atoms with Crippen LogP contribution in [0.5, 0.6) is 0 Å². The number of carbonyl (C=O) groups is 1. The standard InChI is InChI=1S/C8H15NO2S/c1-8(2,3)6-4-12(11)5-7(10)9-6/h6H,4-5H2,1-3H3,(H,9,10). The third-order valence-electron chi connectivity index (χ3n) is 2.03. The highest BCUT2D eigenvalue weighted by atomic mass is 32.2. The maximum absolute atomic E-state index is 11.2. The van der Waals surface area contributed by atoms with E-state index in [1.807, 2.05) is 20.8 Å². The van der Waals surface area contributed by atoms with E-state index >= 15 is 0 Å². The fourth-order valence-corrected chi connectivity index (χ4v) is 2.58. The number of nitrogens with one attached hydrogen (secondary N) is 1. The summed E-state index contributed by atoms with van der Waals surface area (Å²) in [5.74, 6) is 0.682. The molecule has 70 valence electrons. The second-order valence-electron chi connectivity index (χ2n) is 4.24. The number of hydrogen-bond donors (Lipinski definition) is 1. The van der Waals surface area contributed by atoms with Gasteiger partial charge in [-0.3, -0.25) is 9.00 Å². The smallest absolute Gasteiger partial charge is 0.232 e. The molecule has 0 saturated carbocycles. The van der Waals surface area contributed by atoms with Crippen molar-refractivity contribution >= 4 is 16.7 Å². The maximum Gasteiger partial charge on any atom is 0.232 e. The van der Waals surface area contributed by atoms with Gasteiger partial charge in [0.15, 0.2) is 0 Å². The Hall–Kier alpha value is -0.380. The molecule has 1 aliphatic rings. The van der Waals surface area contributed by atoms with Gasteiger partial charge in [0.25, 0.3) is 0 Å². The molecule has 1 N–H and O–H groups in total. The molecule has 1 saturated heterocycles. The highest BCUT2D eigenvalue weighted by Gasteiger charge is 2.32. The Morgan fingerprint density at radius 3 is 2.50 bits per heavy atom. The van der Waals surface area contributed by atoms with Gasteiger partial charge in [-0.25, -0.2) is 0 Å². The molecule has 1 fully saturated rings.